The first-order valence-corrected chi connectivity index (χ1v) is 8.75. The zero-order chi connectivity index (χ0) is 16.3. The van der Waals surface area contributed by atoms with Crippen LogP contribution >= 0.6 is 0 Å². The Balaban J connectivity index is 0.000000211. The Hall–Kier alpha value is -0.120. The first-order chi connectivity index (χ1) is 9.59. The van der Waals surface area contributed by atoms with Crippen LogP contribution in [-0.2, 0) is 0 Å². The average Bonchev–Trinajstić information content (AvgIpc) is 2.46. The molecule has 2 fully saturated rings. The van der Waals surface area contributed by atoms with E-state index in [0.29, 0.717) is 28.7 Å². The highest BCUT2D eigenvalue weighted by Crippen LogP contribution is 2.44. The van der Waals surface area contributed by atoms with E-state index in [1.807, 2.05) is 0 Å². The Morgan fingerprint density at radius 1 is 1.10 bits per heavy atom. The van der Waals surface area contributed by atoms with Crippen LogP contribution in [-0.4, -0.2) is 25.7 Å². The predicted octanol–water partition coefficient (Wildman–Crippen LogP) is 2.99. The highest BCUT2D eigenvalue weighted by atomic mass is 14.9. The minimum Gasteiger partial charge on any atom is -0.330 e. The molecule has 0 aromatic heterocycles. The molecule has 2 aliphatic rings. The Labute approximate surface area is 132 Å². The van der Waals surface area contributed by atoms with Crippen LogP contribution in [0.2, 0.25) is 0 Å². The summed E-state index contributed by atoms with van der Waals surface area (Å²) >= 11 is 0. The van der Waals surface area contributed by atoms with Crippen molar-refractivity contribution in [3.8, 4) is 0 Å². The van der Waals surface area contributed by atoms with Crippen molar-refractivity contribution < 1.29 is 0 Å². The van der Waals surface area contributed by atoms with Gasteiger partial charge < -0.3 is 16.8 Å². The lowest BCUT2D eigenvalue weighted by Gasteiger charge is -2.27. The molecule has 21 heavy (non-hydrogen) atoms. The van der Waals surface area contributed by atoms with Crippen LogP contribution in [0.4, 0.5) is 0 Å². The number of hydrogen-bond donors (Lipinski definition) is 3. The fourth-order valence-corrected chi connectivity index (χ4v) is 4.40. The number of hydrogen-bond acceptors (Lipinski definition) is 3. The molecule has 4 unspecified atom stereocenters. The van der Waals surface area contributed by atoms with Gasteiger partial charge in [0.15, 0.2) is 0 Å². The van der Waals surface area contributed by atoms with Gasteiger partial charge in [-0.3, -0.25) is 0 Å². The van der Waals surface area contributed by atoms with Crippen molar-refractivity contribution in [1.29, 1.82) is 0 Å². The maximum atomic E-state index is 6.03. The SMILES string of the molecule is CC1CC(C)(C)C(CN)C1N.CC1CNCCC(C)(C)C1. The second-order valence-electron chi connectivity index (χ2n) is 9.02. The van der Waals surface area contributed by atoms with Crippen LogP contribution < -0.4 is 16.8 Å². The highest BCUT2D eigenvalue weighted by molar-refractivity contribution is 4.97. The molecule has 126 valence electrons. The summed E-state index contributed by atoms with van der Waals surface area (Å²) in [5, 5.41) is 3.45. The molecule has 3 heteroatoms. The standard InChI is InChI=1S/C9H20N2.C9H19N/c1-6-4-9(2,3)7(5-10)8(6)11;1-8-6-9(2,3)4-5-10-7-8/h6-8H,4-5,10-11H2,1-3H3;8,10H,4-7H2,1-3H3. The van der Waals surface area contributed by atoms with E-state index in [9.17, 15) is 0 Å². The normalized spacial score (nSPS) is 38.3. The fraction of sp³-hybridized carbons (Fsp3) is 1.00. The van der Waals surface area contributed by atoms with Crippen LogP contribution in [0, 0.1) is 28.6 Å². The predicted molar refractivity (Wildman–Crippen MR) is 93.1 cm³/mol. The van der Waals surface area contributed by atoms with E-state index in [-0.39, 0.29) is 0 Å². The first kappa shape index (κ1) is 18.9. The molecule has 0 aromatic rings. The molecule has 1 aliphatic heterocycles. The fourth-order valence-electron chi connectivity index (χ4n) is 4.40. The van der Waals surface area contributed by atoms with Gasteiger partial charge in [-0.2, -0.15) is 0 Å². The molecule has 5 N–H and O–H groups in total. The molecule has 3 nitrogen and oxygen atoms in total. The van der Waals surface area contributed by atoms with Crippen LogP contribution in [0.15, 0.2) is 0 Å². The zero-order valence-electron chi connectivity index (χ0n) is 15.2. The summed E-state index contributed by atoms with van der Waals surface area (Å²) < 4.78 is 0. The zero-order valence-corrected chi connectivity index (χ0v) is 15.2. The van der Waals surface area contributed by atoms with Gasteiger partial charge in [0.25, 0.3) is 0 Å². The largest absolute Gasteiger partial charge is 0.330 e. The summed E-state index contributed by atoms with van der Waals surface area (Å²) in [5.41, 5.74) is 12.6. The Morgan fingerprint density at radius 3 is 2.14 bits per heavy atom. The maximum absolute atomic E-state index is 6.03. The van der Waals surface area contributed by atoms with E-state index >= 15 is 0 Å². The van der Waals surface area contributed by atoms with Gasteiger partial charge in [0, 0.05) is 6.04 Å². The summed E-state index contributed by atoms with van der Waals surface area (Å²) in [5.74, 6) is 2.01. The Kier molecular flexibility index (Phi) is 6.70. The van der Waals surface area contributed by atoms with Gasteiger partial charge in [0.05, 0.1) is 0 Å². The quantitative estimate of drug-likeness (QED) is 0.697. The van der Waals surface area contributed by atoms with E-state index in [1.165, 1.54) is 32.4 Å². The molecule has 0 aromatic carbocycles. The van der Waals surface area contributed by atoms with E-state index in [0.717, 1.165) is 12.5 Å². The monoisotopic (exact) mass is 297 g/mol. The number of nitrogens with one attached hydrogen (secondary N) is 1. The first-order valence-electron chi connectivity index (χ1n) is 8.75. The van der Waals surface area contributed by atoms with E-state index < -0.39 is 0 Å². The second-order valence-corrected chi connectivity index (χ2v) is 9.02. The van der Waals surface area contributed by atoms with E-state index in [2.05, 4.69) is 46.9 Å². The lowest BCUT2D eigenvalue weighted by Crippen LogP contribution is -2.38. The second kappa shape index (κ2) is 7.43. The molecule has 0 radical (unpaired) electrons. The van der Waals surface area contributed by atoms with Gasteiger partial charge in [0.1, 0.15) is 0 Å². The van der Waals surface area contributed by atoms with Crippen molar-refractivity contribution in [2.75, 3.05) is 19.6 Å². The minimum absolute atomic E-state index is 0.315. The number of rotatable bonds is 1. The van der Waals surface area contributed by atoms with Crippen molar-refractivity contribution in [3.63, 3.8) is 0 Å². The molecule has 1 aliphatic carbocycles. The molecule has 0 amide bonds. The van der Waals surface area contributed by atoms with Gasteiger partial charge >= 0.3 is 0 Å². The van der Waals surface area contributed by atoms with Crippen molar-refractivity contribution in [1.82, 2.24) is 5.32 Å². The molecule has 0 spiro atoms. The molecular formula is C18H39N3. The molecule has 0 bridgehead atoms. The van der Waals surface area contributed by atoms with Crippen molar-refractivity contribution >= 4 is 0 Å². The van der Waals surface area contributed by atoms with Gasteiger partial charge in [0.2, 0.25) is 0 Å². The van der Waals surface area contributed by atoms with E-state index in [1.54, 1.807) is 0 Å². The minimum atomic E-state index is 0.315. The summed E-state index contributed by atoms with van der Waals surface area (Å²) in [6.07, 6.45) is 3.92. The molecule has 4 atom stereocenters. The van der Waals surface area contributed by atoms with Crippen LogP contribution in [0.3, 0.4) is 0 Å². The third-order valence-corrected chi connectivity index (χ3v) is 5.60. The van der Waals surface area contributed by atoms with Crippen molar-refractivity contribution in [2.45, 2.75) is 66.8 Å². The average molecular weight is 298 g/mol. The summed E-state index contributed by atoms with van der Waals surface area (Å²) in [6.45, 7) is 17.0. The lowest BCUT2D eigenvalue weighted by molar-refractivity contribution is 0.253. The topological polar surface area (TPSA) is 64.1 Å². The maximum Gasteiger partial charge on any atom is 0.0110 e. The molecule has 2 rings (SSSR count). The third-order valence-electron chi connectivity index (χ3n) is 5.60. The van der Waals surface area contributed by atoms with Crippen LogP contribution in [0.1, 0.15) is 60.8 Å². The highest BCUT2D eigenvalue weighted by Gasteiger charge is 2.43. The Bertz CT molecular complexity index is 312. The smallest absolute Gasteiger partial charge is 0.0110 e. The van der Waals surface area contributed by atoms with E-state index in [4.69, 9.17) is 11.5 Å². The van der Waals surface area contributed by atoms with Gasteiger partial charge in [-0.05, 0) is 67.5 Å². The van der Waals surface area contributed by atoms with Crippen LogP contribution in [0.25, 0.3) is 0 Å². The van der Waals surface area contributed by atoms with Crippen molar-refractivity contribution in [2.24, 2.45) is 40.1 Å². The molecular weight excluding hydrogens is 258 g/mol. The third kappa shape index (κ3) is 5.54. The molecule has 1 saturated carbocycles. The lowest BCUT2D eigenvalue weighted by atomic mass is 9.81. The molecule has 1 heterocycles. The van der Waals surface area contributed by atoms with Crippen LogP contribution in [0.5, 0.6) is 0 Å². The van der Waals surface area contributed by atoms with Gasteiger partial charge in [-0.25, -0.2) is 0 Å². The van der Waals surface area contributed by atoms with Gasteiger partial charge in [-0.1, -0.05) is 41.5 Å². The molecule has 1 saturated heterocycles. The Morgan fingerprint density at radius 2 is 1.71 bits per heavy atom. The van der Waals surface area contributed by atoms with Crippen molar-refractivity contribution in [3.05, 3.63) is 0 Å². The summed E-state index contributed by atoms with van der Waals surface area (Å²) in [7, 11) is 0. The van der Waals surface area contributed by atoms with Gasteiger partial charge in [-0.15, -0.1) is 0 Å². The summed E-state index contributed by atoms with van der Waals surface area (Å²) in [4.78, 5) is 0. The number of nitrogens with two attached hydrogens (primary N) is 2. The summed E-state index contributed by atoms with van der Waals surface area (Å²) in [6, 6.07) is 0.315.